The highest BCUT2D eigenvalue weighted by Crippen LogP contribution is 2.30. The molecule has 1 saturated heterocycles. The Morgan fingerprint density at radius 3 is 2.88 bits per heavy atom. The van der Waals surface area contributed by atoms with E-state index in [9.17, 15) is 9.59 Å². The summed E-state index contributed by atoms with van der Waals surface area (Å²) in [6, 6.07) is 8.84. The molecule has 0 radical (unpaired) electrons. The lowest BCUT2D eigenvalue weighted by Gasteiger charge is -2.42. The van der Waals surface area contributed by atoms with Crippen molar-refractivity contribution < 1.29 is 9.59 Å². The summed E-state index contributed by atoms with van der Waals surface area (Å²) in [7, 11) is 1.94. The van der Waals surface area contributed by atoms with Crippen molar-refractivity contribution in [3.63, 3.8) is 0 Å². The number of nitriles is 1. The molecule has 1 aliphatic heterocycles. The molecule has 0 spiro atoms. The fourth-order valence-electron chi connectivity index (χ4n) is 4.45. The zero-order chi connectivity index (χ0) is 24.4. The summed E-state index contributed by atoms with van der Waals surface area (Å²) >= 11 is 0. The van der Waals surface area contributed by atoms with Gasteiger partial charge >= 0.3 is 6.03 Å². The number of benzene rings is 1. The van der Waals surface area contributed by atoms with E-state index in [1.165, 1.54) is 10.9 Å². The highest BCUT2D eigenvalue weighted by Gasteiger charge is 2.32. The number of likely N-dealkylation sites (tertiary alicyclic amines) is 1. The molecule has 4 rings (SSSR count). The summed E-state index contributed by atoms with van der Waals surface area (Å²) in [4.78, 5) is 38.0. The Hall–Kier alpha value is -4.13. The fraction of sp³-hybridized carbons (Fsp3) is 0.375. The number of fused-ring (bicyclic) bond motifs is 1. The average molecular weight is 461 g/mol. The SMILES string of the molecule is Cc1ccc(N)c(NC(=O)n2ccc3c(N(C)[C@H]4CN(C(=O)CC#N)CC[C@H]4C)ncnc32)c1. The van der Waals surface area contributed by atoms with E-state index >= 15 is 0 Å². The van der Waals surface area contributed by atoms with E-state index in [0.717, 1.165) is 17.4 Å². The van der Waals surface area contributed by atoms with Crippen LogP contribution >= 0.6 is 0 Å². The summed E-state index contributed by atoms with van der Waals surface area (Å²) in [5.74, 6) is 0.841. The van der Waals surface area contributed by atoms with Crippen molar-refractivity contribution in [3.05, 3.63) is 42.4 Å². The second kappa shape index (κ2) is 9.39. The average Bonchev–Trinajstić information content (AvgIpc) is 3.26. The molecule has 0 unspecified atom stereocenters. The van der Waals surface area contributed by atoms with Crippen LogP contribution in [0.1, 0.15) is 25.3 Å². The Morgan fingerprint density at radius 1 is 1.32 bits per heavy atom. The van der Waals surface area contributed by atoms with Crippen molar-refractivity contribution >= 4 is 40.2 Å². The molecule has 3 aromatic rings. The van der Waals surface area contributed by atoms with Crippen molar-refractivity contribution in [1.82, 2.24) is 19.4 Å². The van der Waals surface area contributed by atoms with Crippen molar-refractivity contribution in [2.24, 2.45) is 5.92 Å². The fourth-order valence-corrected chi connectivity index (χ4v) is 4.45. The highest BCUT2D eigenvalue weighted by molar-refractivity contribution is 6.01. The molecule has 0 bridgehead atoms. The first-order valence-electron chi connectivity index (χ1n) is 11.2. The van der Waals surface area contributed by atoms with Crippen molar-refractivity contribution in [2.75, 3.05) is 36.1 Å². The van der Waals surface area contributed by atoms with E-state index < -0.39 is 0 Å². The zero-order valence-electron chi connectivity index (χ0n) is 19.5. The number of nitrogens with two attached hydrogens (primary N) is 1. The molecule has 1 aliphatic rings. The molecule has 3 N–H and O–H groups in total. The highest BCUT2D eigenvalue weighted by atomic mass is 16.2. The number of aromatic nitrogens is 3. The number of hydrogen-bond acceptors (Lipinski definition) is 7. The number of aryl methyl sites for hydroxylation is 1. The minimum absolute atomic E-state index is 0.0127. The van der Waals surface area contributed by atoms with Crippen LogP contribution in [0.15, 0.2) is 36.8 Å². The van der Waals surface area contributed by atoms with E-state index in [1.54, 1.807) is 17.2 Å². The van der Waals surface area contributed by atoms with Gasteiger partial charge in [0.2, 0.25) is 5.91 Å². The maximum atomic E-state index is 13.0. The van der Waals surface area contributed by atoms with E-state index in [-0.39, 0.29) is 24.4 Å². The van der Waals surface area contributed by atoms with Gasteiger partial charge in [-0.25, -0.2) is 14.8 Å². The number of piperidine rings is 1. The lowest BCUT2D eigenvalue weighted by Crippen LogP contribution is -2.52. The normalized spacial score (nSPS) is 17.9. The van der Waals surface area contributed by atoms with Gasteiger partial charge in [-0.1, -0.05) is 13.0 Å². The minimum atomic E-state index is -0.376. The Labute approximate surface area is 198 Å². The molecule has 10 heteroatoms. The van der Waals surface area contributed by atoms with Gasteiger partial charge in [0.15, 0.2) is 5.65 Å². The molecule has 1 aromatic carbocycles. The first kappa shape index (κ1) is 23.0. The van der Waals surface area contributed by atoms with Crippen LogP contribution in [0.4, 0.5) is 22.0 Å². The maximum Gasteiger partial charge on any atom is 0.331 e. The van der Waals surface area contributed by atoms with Gasteiger partial charge in [-0.3, -0.25) is 9.36 Å². The Morgan fingerprint density at radius 2 is 2.12 bits per heavy atom. The Balaban J connectivity index is 1.61. The van der Waals surface area contributed by atoms with Crippen LogP contribution in [0.3, 0.4) is 0 Å². The molecule has 2 atom stereocenters. The molecule has 2 amide bonds. The van der Waals surface area contributed by atoms with Gasteiger partial charge in [-0.05, 0) is 43.0 Å². The predicted octanol–water partition coefficient (Wildman–Crippen LogP) is 2.99. The van der Waals surface area contributed by atoms with Crippen LogP contribution in [-0.4, -0.2) is 57.6 Å². The van der Waals surface area contributed by atoms with E-state index in [1.807, 2.05) is 43.1 Å². The molecule has 2 aromatic heterocycles. The van der Waals surface area contributed by atoms with Crippen LogP contribution in [0.2, 0.25) is 0 Å². The number of rotatable bonds is 4. The summed E-state index contributed by atoms with van der Waals surface area (Å²) < 4.78 is 1.43. The van der Waals surface area contributed by atoms with Gasteiger partial charge in [0.25, 0.3) is 0 Å². The quantitative estimate of drug-likeness (QED) is 0.572. The lowest BCUT2D eigenvalue weighted by molar-refractivity contribution is -0.131. The zero-order valence-corrected chi connectivity index (χ0v) is 19.5. The van der Waals surface area contributed by atoms with Gasteiger partial charge < -0.3 is 20.9 Å². The lowest BCUT2D eigenvalue weighted by atomic mass is 9.92. The van der Waals surface area contributed by atoms with Crippen LogP contribution < -0.4 is 16.0 Å². The van der Waals surface area contributed by atoms with Crippen molar-refractivity contribution in [3.8, 4) is 6.07 Å². The summed E-state index contributed by atoms with van der Waals surface area (Å²) in [5, 5.41) is 12.5. The van der Waals surface area contributed by atoms with Crippen molar-refractivity contribution in [2.45, 2.75) is 32.7 Å². The molecule has 10 nitrogen and oxygen atoms in total. The number of nitrogens with zero attached hydrogens (tertiary/aromatic N) is 6. The third-order valence-corrected chi connectivity index (χ3v) is 6.46. The third kappa shape index (κ3) is 4.37. The van der Waals surface area contributed by atoms with Gasteiger partial charge in [0.05, 0.1) is 28.9 Å². The summed E-state index contributed by atoms with van der Waals surface area (Å²) in [5.41, 5.74) is 8.49. The Kier molecular flexibility index (Phi) is 6.36. The van der Waals surface area contributed by atoms with Crippen molar-refractivity contribution in [1.29, 1.82) is 5.26 Å². The second-order valence-electron chi connectivity index (χ2n) is 8.76. The van der Waals surface area contributed by atoms with E-state index in [2.05, 4.69) is 22.2 Å². The number of likely N-dealkylation sites (N-methyl/N-ethyl adjacent to an activating group) is 1. The number of carbonyl (C=O) groups is 2. The molecule has 3 heterocycles. The largest absolute Gasteiger partial charge is 0.397 e. The first-order valence-corrected chi connectivity index (χ1v) is 11.2. The third-order valence-electron chi connectivity index (χ3n) is 6.46. The molecule has 34 heavy (non-hydrogen) atoms. The number of hydrogen-bond donors (Lipinski definition) is 2. The minimum Gasteiger partial charge on any atom is -0.397 e. The standard InChI is InChI=1S/C24H28N8O2/c1-15-4-5-18(26)19(12-15)29-24(34)32-11-8-17-22(27-14-28-23(17)32)30(3)20-13-31(10-7-16(20)2)21(33)6-9-25/h4-5,8,11-12,14,16,20H,6-7,10,13,26H2,1-3H3,(H,29,34)/t16-,20+/m1/s1. The molecule has 0 aliphatic carbocycles. The molecule has 176 valence electrons. The number of anilines is 3. The summed E-state index contributed by atoms with van der Waals surface area (Å²) in [6.07, 6.45) is 3.81. The maximum absolute atomic E-state index is 13.0. The smallest absolute Gasteiger partial charge is 0.331 e. The van der Waals surface area contributed by atoms with Crippen LogP contribution in [0, 0.1) is 24.2 Å². The van der Waals surface area contributed by atoms with Crippen LogP contribution in [0.25, 0.3) is 11.0 Å². The Bertz CT molecular complexity index is 1280. The number of amides is 2. The monoisotopic (exact) mass is 460 g/mol. The van der Waals surface area contributed by atoms with E-state index in [0.29, 0.717) is 41.8 Å². The molecular formula is C24H28N8O2. The molecule has 0 saturated carbocycles. The number of carbonyl (C=O) groups excluding carboxylic acids is 2. The predicted molar refractivity (Wildman–Crippen MR) is 130 cm³/mol. The second-order valence-corrected chi connectivity index (χ2v) is 8.76. The van der Waals surface area contributed by atoms with Gasteiger partial charge in [-0.15, -0.1) is 0 Å². The van der Waals surface area contributed by atoms with Gasteiger partial charge in [0.1, 0.15) is 18.6 Å². The molecular weight excluding hydrogens is 432 g/mol. The van der Waals surface area contributed by atoms with Gasteiger partial charge in [0, 0.05) is 26.3 Å². The van der Waals surface area contributed by atoms with Crippen LogP contribution in [-0.2, 0) is 4.79 Å². The van der Waals surface area contributed by atoms with E-state index in [4.69, 9.17) is 11.0 Å². The number of nitrogens with one attached hydrogen (secondary N) is 1. The van der Waals surface area contributed by atoms with Crippen LogP contribution in [0.5, 0.6) is 0 Å². The molecule has 1 fully saturated rings. The number of nitrogen functional groups attached to an aromatic ring is 1. The van der Waals surface area contributed by atoms with Gasteiger partial charge in [-0.2, -0.15) is 5.26 Å². The topological polar surface area (TPSA) is 133 Å². The summed E-state index contributed by atoms with van der Waals surface area (Å²) in [6.45, 7) is 5.23. The first-order chi connectivity index (χ1) is 16.3.